The van der Waals surface area contributed by atoms with E-state index in [1.54, 1.807) is 13.0 Å². The van der Waals surface area contributed by atoms with Crippen molar-refractivity contribution in [1.29, 1.82) is 0 Å². The first-order valence-electron chi connectivity index (χ1n) is 5.19. The van der Waals surface area contributed by atoms with Crippen LogP contribution in [0.3, 0.4) is 0 Å². The number of nitrogens with two attached hydrogens (primary N) is 1. The van der Waals surface area contributed by atoms with E-state index >= 15 is 0 Å². The van der Waals surface area contributed by atoms with Gasteiger partial charge in [-0.3, -0.25) is 0 Å². The summed E-state index contributed by atoms with van der Waals surface area (Å²) < 4.78 is 4.88. The Labute approximate surface area is 114 Å². The molecule has 18 heavy (non-hydrogen) atoms. The zero-order valence-corrected chi connectivity index (χ0v) is 11.2. The second-order valence-electron chi connectivity index (χ2n) is 3.61. The predicted octanol–water partition coefficient (Wildman–Crippen LogP) is 2.28. The van der Waals surface area contributed by atoms with Gasteiger partial charge < -0.3 is 15.6 Å². The lowest BCUT2D eigenvalue weighted by Crippen LogP contribution is -2.14. The molecule has 3 N–H and O–H groups in total. The highest BCUT2D eigenvalue weighted by Gasteiger charge is 2.10. The zero-order chi connectivity index (χ0) is 13.1. The zero-order valence-electron chi connectivity index (χ0n) is 9.61. The monoisotopic (exact) mass is 282 g/mol. The van der Waals surface area contributed by atoms with Gasteiger partial charge in [0.05, 0.1) is 17.1 Å². The maximum absolute atomic E-state index is 6.05. The second-order valence-corrected chi connectivity index (χ2v) is 4.46. The van der Waals surface area contributed by atoms with Crippen LogP contribution in [0.25, 0.3) is 0 Å². The van der Waals surface area contributed by atoms with Gasteiger partial charge in [0, 0.05) is 12.6 Å². The molecule has 0 fully saturated rings. The van der Waals surface area contributed by atoms with E-state index in [9.17, 15) is 0 Å². The van der Waals surface area contributed by atoms with E-state index < -0.39 is 0 Å². The third-order valence-corrected chi connectivity index (χ3v) is 2.79. The fraction of sp³-hybridized carbons (Fsp3) is 0.182. The van der Waals surface area contributed by atoms with E-state index in [1.165, 1.54) is 0 Å². The minimum absolute atomic E-state index is 0.243. The van der Waals surface area contributed by atoms with Crippen LogP contribution in [0.4, 0.5) is 5.69 Å². The highest BCUT2D eigenvalue weighted by Crippen LogP contribution is 2.24. The summed E-state index contributed by atoms with van der Waals surface area (Å²) in [6, 6.07) is 5.39. The van der Waals surface area contributed by atoms with Crippen molar-refractivity contribution in [3.63, 3.8) is 0 Å². The molecule has 0 saturated carbocycles. The van der Waals surface area contributed by atoms with Crippen molar-refractivity contribution in [2.24, 2.45) is 5.73 Å². The Hall–Kier alpha value is -1.66. The number of hydrogen-bond acceptors (Lipinski definition) is 5. The van der Waals surface area contributed by atoms with Gasteiger partial charge in [-0.15, -0.1) is 0 Å². The Bertz CT molecular complexity index is 584. The highest BCUT2D eigenvalue weighted by molar-refractivity contribution is 7.80. The first-order chi connectivity index (χ1) is 8.58. The fourth-order valence-electron chi connectivity index (χ4n) is 1.51. The van der Waals surface area contributed by atoms with Gasteiger partial charge in [0.2, 0.25) is 5.89 Å². The fourth-order valence-corrected chi connectivity index (χ4v) is 2.06. The number of nitrogens with zero attached hydrogens (tertiary/aromatic N) is 2. The van der Waals surface area contributed by atoms with Crippen LogP contribution in [0.15, 0.2) is 22.7 Å². The number of hydrogen-bond donors (Lipinski definition) is 2. The molecule has 0 saturated heterocycles. The van der Waals surface area contributed by atoms with Crippen LogP contribution in [0, 0.1) is 6.92 Å². The molecule has 0 unspecified atom stereocenters. The summed E-state index contributed by atoms with van der Waals surface area (Å²) in [5, 5.41) is 7.42. The Morgan fingerprint density at radius 3 is 2.94 bits per heavy atom. The predicted molar refractivity (Wildman–Crippen MR) is 73.7 cm³/mol. The molecule has 0 aliphatic heterocycles. The van der Waals surface area contributed by atoms with Crippen LogP contribution < -0.4 is 11.1 Å². The van der Waals surface area contributed by atoms with E-state index in [0.717, 1.165) is 5.69 Å². The van der Waals surface area contributed by atoms with Gasteiger partial charge in [0.15, 0.2) is 5.82 Å². The number of nitrogens with one attached hydrogen (secondary N) is 1. The third kappa shape index (κ3) is 2.77. The lowest BCUT2D eigenvalue weighted by molar-refractivity contribution is 0.388. The quantitative estimate of drug-likeness (QED) is 0.838. The molecule has 1 aromatic carbocycles. The van der Waals surface area contributed by atoms with Crippen molar-refractivity contribution in [2.75, 3.05) is 5.32 Å². The van der Waals surface area contributed by atoms with Crippen LogP contribution in [0.5, 0.6) is 0 Å². The number of aryl methyl sites for hydroxylation is 1. The van der Waals surface area contributed by atoms with Crippen molar-refractivity contribution in [2.45, 2.75) is 13.5 Å². The maximum atomic E-state index is 6.05. The van der Waals surface area contributed by atoms with Crippen LogP contribution in [-0.2, 0) is 6.54 Å². The summed E-state index contributed by atoms with van der Waals surface area (Å²) in [5.41, 5.74) is 7.01. The average Bonchev–Trinajstić information content (AvgIpc) is 2.72. The summed E-state index contributed by atoms with van der Waals surface area (Å²) >= 11 is 11.0. The summed E-state index contributed by atoms with van der Waals surface area (Å²) in [5.74, 6) is 1.08. The third-order valence-electron chi connectivity index (χ3n) is 2.27. The SMILES string of the molecule is Cc1nc(CNc2cccc(Cl)c2C(N)=S)no1. The summed E-state index contributed by atoms with van der Waals surface area (Å²) in [7, 11) is 0. The normalized spacial score (nSPS) is 10.3. The van der Waals surface area contributed by atoms with Gasteiger partial charge in [-0.1, -0.05) is 35.0 Å². The standard InChI is InChI=1S/C11H11ClN4OS/c1-6-15-9(16-17-6)5-14-8-4-2-3-7(12)10(8)11(13)18/h2-4,14H,5H2,1H3,(H2,13,18). The highest BCUT2D eigenvalue weighted by atomic mass is 35.5. The van der Waals surface area contributed by atoms with Crippen molar-refractivity contribution < 1.29 is 4.52 Å². The first kappa shape index (κ1) is 12.8. The minimum Gasteiger partial charge on any atom is -0.389 e. The number of anilines is 1. The van der Waals surface area contributed by atoms with Gasteiger partial charge >= 0.3 is 0 Å². The second kappa shape index (κ2) is 5.32. The molecular weight excluding hydrogens is 272 g/mol. The molecule has 1 heterocycles. The average molecular weight is 283 g/mol. The Morgan fingerprint density at radius 2 is 2.33 bits per heavy atom. The summed E-state index contributed by atoms with van der Waals surface area (Å²) in [4.78, 5) is 4.33. The molecule has 0 radical (unpaired) electrons. The molecule has 0 spiro atoms. The van der Waals surface area contributed by atoms with E-state index in [-0.39, 0.29) is 4.99 Å². The Kier molecular flexibility index (Phi) is 3.78. The van der Waals surface area contributed by atoms with Crippen LogP contribution in [0.2, 0.25) is 5.02 Å². The van der Waals surface area contributed by atoms with Crippen molar-refractivity contribution in [3.05, 3.63) is 40.5 Å². The Balaban J connectivity index is 2.19. The van der Waals surface area contributed by atoms with Gasteiger partial charge in [-0.2, -0.15) is 4.98 Å². The van der Waals surface area contributed by atoms with Crippen LogP contribution in [0.1, 0.15) is 17.3 Å². The Morgan fingerprint density at radius 1 is 1.56 bits per heavy atom. The van der Waals surface area contributed by atoms with Crippen LogP contribution in [-0.4, -0.2) is 15.1 Å². The molecule has 0 amide bonds. The van der Waals surface area contributed by atoms with Crippen molar-refractivity contribution in [1.82, 2.24) is 10.1 Å². The lowest BCUT2D eigenvalue weighted by atomic mass is 10.1. The molecule has 2 rings (SSSR count). The smallest absolute Gasteiger partial charge is 0.223 e. The maximum Gasteiger partial charge on any atom is 0.223 e. The van der Waals surface area contributed by atoms with Crippen molar-refractivity contribution >= 4 is 34.5 Å². The minimum atomic E-state index is 0.243. The summed E-state index contributed by atoms with van der Waals surface area (Å²) in [6.45, 7) is 2.14. The molecule has 94 valence electrons. The van der Waals surface area contributed by atoms with Gasteiger partial charge in [-0.25, -0.2) is 0 Å². The number of rotatable bonds is 4. The lowest BCUT2D eigenvalue weighted by Gasteiger charge is -2.10. The van der Waals surface area contributed by atoms with E-state index in [2.05, 4.69) is 15.5 Å². The van der Waals surface area contributed by atoms with E-state index in [0.29, 0.717) is 28.8 Å². The molecule has 7 heteroatoms. The molecule has 2 aromatic rings. The van der Waals surface area contributed by atoms with E-state index in [4.69, 9.17) is 34.1 Å². The molecule has 1 aromatic heterocycles. The first-order valence-corrected chi connectivity index (χ1v) is 5.98. The van der Waals surface area contributed by atoms with E-state index in [1.807, 2.05) is 12.1 Å². The molecule has 0 aliphatic rings. The number of benzene rings is 1. The molecular formula is C11H11ClN4OS. The van der Waals surface area contributed by atoms with Crippen molar-refractivity contribution in [3.8, 4) is 0 Å². The molecule has 0 atom stereocenters. The number of aromatic nitrogens is 2. The van der Waals surface area contributed by atoms with Gasteiger partial charge in [0.1, 0.15) is 4.99 Å². The summed E-state index contributed by atoms with van der Waals surface area (Å²) in [6.07, 6.45) is 0. The number of thiocarbonyl (C=S) groups is 1. The van der Waals surface area contributed by atoms with Crippen LogP contribution >= 0.6 is 23.8 Å². The van der Waals surface area contributed by atoms with Gasteiger partial charge in [-0.05, 0) is 12.1 Å². The molecule has 0 aliphatic carbocycles. The molecule has 0 bridgehead atoms. The topological polar surface area (TPSA) is 77.0 Å². The number of halogens is 1. The molecule has 5 nitrogen and oxygen atoms in total. The largest absolute Gasteiger partial charge is 0.389 e. The van der Waals surface area contributed by atoms with Gasteiger partial charge in [0.25, 0.3) is 0 Å².